The minimum Gasteiger partial charge on any atom is -0.507 e. The first-order valence-corrected chi connectivity index (χ1v) is 11.2. The predicted molar refractivity (Wildman–Crippen MR) is 121 cm³/mol. The summed E-state index contributed by atoms with van der Waals surface area (Å²) in [6.45, 7) is 11.6. The van der Waals surface area contributed by atoms with E-state index in [9.17, 15) is 24.2 Å². The molecule has 2 unspecified atom stereocenters. The molecule has 2 rings (SSSR count). The van der Waals surface area contributed by atoms with Crippen LogP contribution in [-0.2, 0) is 16.0 Å². The number of nitrogens with one attached hydrogen (secondary N) is 2. The molecule has 1 aromatic carbocycles. The van der Waals surface area contributed by atoms with Gasteiger partial charge in [-0.2, -0.15) is 0 Å². The molecule has 1 aliphatic heterocycles. The number of amides is 2. The Morgan fingerprint density at radius 2 is 1.78 bits per heavy atom. The Morgan fingerprint density at radius 3 is 2.31 bits per heavy atom. The molecule has 2 amide bonds. The van der Waals surface area contributed by atoms with Crippen LogP contribution in [0.15, 0.2) is 0 Å². The molecule has 8 heteroatoms. The summed E-state index contributed by atoms with van der Waals surface area (Å²) < 4.78 is 19.1. The van der Waals surface area contributed by atoms with Gasteiger partial charge in [0, 0.05) is 12.0 Å². The summed E-state index contributed by atoms with van der Waals surface area (Å²) in [6, 6.07) is -1.60. The number of phenolic OH excluding ortho intramolecular Hbond substituents is 1. The van der Waals surface area contributed by atoms with Crippen molar-refractivity contribution in [2.24, 2.45) is 5.92 Å². The lowest BCUT2D eigenvalue weighted by Crippen LogP contribution is -2.59. The summed E-state index contributed by atoms with van der Waals surface area (Å²) in [7, 11) is 0. The lowest BCUT2D eigenvalue weighted by molar-refractivity contribution is -0.141. The highest BCUT2D eigenvalue weighted by atomic mass is 19.1. The van der Waals surface area contributed by atoms with Crippen molar-refractivity contribution in [3.63, 3.8) is 0 Å². The van der Waals surface area contributed by atoms with E-state index >= 15 is 0 Å². The lowest BCUT2D eigenvalue weighted by Gasteiger charge is -2.38. The van der Waals surface area contributed by atoms with E-state index in [-0.39, 0.29) is 11.7 Å². The number of alkyl halides is 1. The second-order valence-electron chi connectivity index (χ2n) is 9.30. The molecule has 0 aromatic heterocycles. The molecule has 1 heterocycles. The third-order valence-corrected chi connectivity index (χ3v) is 6.63. The lowest BCUT2D eigenvalue weighted by atomic mass is 9.86. The molecule has 4 atom stereocenters. The number of hydrogen-bond acceptors (Lipinski definition) is 5. The van der Waals surface area contributed by atoms with E-state index in [4.69, 9.17) is 4.74 Å². The Hall–Kier alpha value is -2.35. The molecular formula is C24H37FN2O5. The monoisotopic (exact) mass is 452 g/mol. The van der Waals surface area contributed by atoms with Crippen molar-refractivity contribution in [1.29, 1.82) is 0 Å². The van der Waals surface area contributed by atoms with E-state index in [1.807, 2.05) is 20.8 Å². The largest absolute Gasteiger partial charge is 0.507 e. The van der Waals surface area contributed by atoms with Crippen molar-refractivity contribution >= 4 is 11.8 Å². The fourth-order valence-corrected chi connectivity index (χ4v) is 4.09. The maximum absolute atomic E-state index is 13.3. The van der Waals surface area contributed by atoms with Crippen LogP contribution >= 0.6 is 0 Å². The second kappa shape index (κ2) is 10.1. The number of aliphatic hydroxyl groups is 1. The zero-order valence-electron chi connectivity index (χ0n) is 20.1. The van der Waals surface area contributed by atoms with E-state index in [2.05, 4.69) is 10.6 Å². The van der Waals surface area contributed by atoms with Crippen molar-refractivity contribution < 1.29 is 28.9 Å². The standard InChI is InChI=1S/C24H37FN2O5/c1-8-17(18(28)11-25)26-22(30)19(12(2)3)27-23(31)24(7)10-9-16-15(6)20(29)13(4)14(5)21(16)32-24/h12,17-19,28-29H,8-11H2,1-7H3,(H,26,30)(H,27,31)/t17?,18?,19-,24-/m0/s1. The van der Waals surface area contributed by atoms with Gasteiger partial charge < -0.3 is 25.6 Å². The Balaban J connectivity index is 2.24. The van der Waals surface area contributed by atoms with E-state index in [0.29, 0.717) is 30.6 Å². The molecule has 0 saturated heterocycles. The number of fused-ring (bicyclic) bond motifs is 1. The van der Waals surface area contributed by atoms with Crippen LogP contribution in [-0.4, -0.2) is 52.5 Å². The van der Waals surface area contributed by atoms with Crippen molar-refractivity contribution in [1.82, 2.24) is 10.6 Å². The SMILES string of the molecule is CCC(NC(=O)[C@@H](NC(=O)[C@]1(C)CCc2c(C)c(O)c(C)c(C)c2O1)C(C)C)C(O)CF. The average Bonchev–Trinajstić information content (AvgIpc) is 2.76. The smallest absolute Gasteiger partial charge is 0.264 e. The third-order valence-electron chi connectivity index (χ3n) is 6.63. The molecule has 0 bridgehead atoms. The highest BCUT2D eigenvalue weighted by Gasteiger charge is 2.42. The molecule has 7 nitrogen and oxygen atoms in total. The molecule has 0 radical (unpaired) electrons. The van der Waals surface area contributed by atoms with Gasteiger partial charge in [0.25, 0.3) is 5.91 Å². The summed E-state index contributed by atoms with van der Waals surface area (Å²) in [5.74, 6) is -0.277. The molecule has 0 fully saturated rings. The number of benzene rings is 1. The fourth-order valence-electron chi connectivity index (χ4n) is 4.09. The summed E-state index contributed by atoms with van der Waals surface area (Å²) in [5.41, 5.74) is 1.94. The van der Waals surface area contributed by atoms with Crippen LogP contribution < -0.4 is 15.4 Å². The number of aliphatic hydroxyl groups excluding tert-OH is 1. The van der Waals surface area contributed by atoms with Gasteiger partial charge in [-0.3, -0.25) is 9.59 Å². The van der Waals surface area contributed by atoms with Crippen LogP contribution in [0.4, 0.5) is 4.39 Å². The quantitative estimate of drug-likeness (QED) is 0.485. The highest BCUT2D eigenvalue weighted by Crippen LogP contribution is 2.43. The number of carbonyl (C=O) groups excluding carboxylic acids is 2. The second-order valence-corrected chi connectivity index (χ2v) is 9.30. The van der Waals surface area contributed by atoms with Gasteiger partial charge in [0.15, 0.2) is 5.60 Å². The fraction of sp³-hybridized carbons (Fsp3) is 0.667. The Bertz CT molecular complexity index is 873. The summed E-state index contributed by atoms with van der Waals surface area (Å²) >= 11 is 0. The molecule has 0 saturated carbocycles. The summed E-state index contributed by atoms with van der Waals surface area (Å²) in [5, 5.41) is 25.6. The molecule has 1 aromatic rings. The van der Waals surface area contributed by atoms with Gasteiger partial charge in [0.05, 0.1) is 6.04 Å². The van der Waals surface area contributed by atoms with Gasteiger partial charge >= 0.3 is 0 Å². The number of aromatic hydroxyl groups is 1. The zero-order valence-corrected chi connectivity index (χ0v) is 20.1. The highest BCUT2D eigenvalue weighted by molar-refractivity contribution is 5.92. The minimum atomic E-state index is -1.30. The summed E-state index contributed by atoms with van der Waals surface area (Å²) in [4.78, 5) is 26.1. The first-order valence-electron chi connectivity index (χ1n) is 11.2. The van der Waals surface area contributed by atoms with Gasteiger partial charge in [0.1, 0.15) is 30.3 Å². The van der Waals surface area contributed by atoms with Crippen LogP contribution in [0.25, 0.3) is 0 Å². The number of hydrogen-bond donors (Lipinski definition) is 4. The maximum atomic E-state index is 13.3. The van der Waals surface area contributed by atoms with Crippen LogP contribution in [0.2, 0.25) is 0 Å². The zero-order chi connectivity index (χ0) is 24.4. The average molecular weight is 453 g/mol. The van der Waals surface area contributed by atoms with Crippen LogP contribution in [0.5, 0.6) is 11.5 Å². The van der Waals surface area contributed by atoms with Gasteiger partial charge in [-0.05, 0) is 63.1 Å². The van der Waals surface area contributed by atoms with E-state index in [1.165, 1.54) is 0 Å². The normalized spacial score (nSPS) is 20.7. The first kappa shape index (κ1) is 25.9. The van der Waals surface area contributed by atoms with Crippen LogP contribution in [0.1, 0.15) is 62.8 Å². The third kappa shape index (κ3) is 5.00. The Labute approximate surface area is 189 Å². The van der Waals surface area contributed by atoms with Crippen molar-refractivity contribution in [3.05, 3.63) is 22.3 Å². The van der Waals surface area contributed by atoms with E-state index in [0.717, 1.165) is 16.7 Å². The molecule has 32 heavy (non-hydrogen) atoms. The molecular weight excluding hydrogens is 415 g/mol. The number of ether oxygens (including phenoxy) is 1. The minimum absolute atomic E-state index is 0.235. The van der Waals surface area contributed by atoms with Crippen molar-refractivity contribution in [2.75, 3.05) is 6.67 Å². The summed E-state index contributed by atoms with van der Waals surface area (Å²) in [6.07, 6.45) is 0.00452. The van der Waals surface area contributed by atoms with Crippen LogP contribution in [0, 0.1) is 26.7 Å². The van der Waals surface area contributed by atoms with Crippen molar-refractivity contribution in [3.8, 4) is 11.5 Å². The predicted octanol–water partition coefficient (Wildman–Crippen LogP) is 2.77. The maximum Gasteiger partial charge on any atom is 0.264 e. The van der Waals surface area contributed by atoms with Gasteiger partial charge in [0.2, 0.25) is 5.91 Å². The van der Waals surface area contributed by atoms with Gasteiger partial charge in [-0.25, -0.2) is 4.39 Å². The van der Waals surface area contributed by atoms with Gasteiger partial charge in [-0.15, -0.1) is 0 Å². The molecule has 0 aliphatic carbocycles. The topological polar surface area (TPSA) is 108 Å². The number of halogens is 1. The van der Waals surface area contributed by atoms with Crippen molar-refractivity contribution in [2.45, 2.75) is 91.5 Å². The first-order chi connectivity index (χ1) is 14.9. The molecule has 4 N–H and O–H groups in total. The van der Waals surface area contributed by atoms with E-state index < -0.39 is 42.3 Å². The number of rotatable bonds is 8. The number of carbonyl (C=O) groups is 2. The Morgan fingerprint density at radius 1 is 1.16 bits per heavy atom. The van der Waals surface area contributed by atoms with E-state index in [1.54, 1.807) is 27.7 Å². The number of phenols is 1. The Kier molecular flexibility index (Phi) is 8.15. The van der Waals surface area contributed by atoms with Gasteiger partial charge in [-0.1, -0.05) is 20.8 Å². The van der Waals surface area contributed by atoms with Crippen LogP contribution in [0.3, 0.4) is 0 Å². The molecule has 1 aliphatic rings. The molecule has 180 valence electrons. The molecule has 0 spiro atoms.